The topological polar surface area (TPSA) is 74.2 Å². The molecule has 118 valence electrons. The third-order valence-electron chi connectivity index (χ3n) is 3.81. The second-order valence-electron chi connectivity index (χ2n) is 6.81. The second kappa shape index (κ2) is 6.32. The summed E-state index contributed by atoms with van der Waals surface area (Å²) in [4.78, 5) is 16.2. The van der Waals surface area contributed by atoms with Gasteiger partial charge in [-0.15, -0.1) is 11.3 Å². The first-order valence-corrected chi connectivity index (χ1v) is 8.35. The molecule has 2 amide bonds. The van der Waals surface area contributed by atoms with Crippen LogP contribution in [-0.4, -0.2) is 34.8 Å². The molecule has 1 aromatic rings. The van der Waals surface area contributed by atoms with E-state index in [1.807, 2.05) is 0 Å². The molecule has 0 atom stereocenters. The first kappa shape index (κ1) is 16.2. The Morgan fingerprint density at radius 2 is 2.14 bits per heavy atom. The molecule has 0 aliphatic heterocycles. The van der Waals surface area contributed by atoms with Gasteiger partial charge in [0.05, 0.1) is 16.3 Å². The normalized spacial score (nSPS) is 17.1. The van der Waals surface area contributed by atoms with Crippen molar-refractivity contribution in [1.82, 2.24) is 15.6 Å². The van der Waals surface area contributed by atoms with E-state index >= 15 is 0 Å². The zero-order valence-electron chi connectivity index (χ0n) is 13.0. The molecule has 5 nitrogen and oxygen atoms in total. The molecule has 2 rings (SSSR count). The van der Waals surface area contributed by atoms with Gasteiger partial charge in [-0.3, -0.25) is 0 Å². The minimum Gasteiger partial charge on any atom is -0.388 e. The van der Waals surface area contributed by atoms with Crippen LogP contribution >= 0.6 is 11.3 Å². The summed E-state index contributed by atoms with van der Waals surface area (Å²) < 4.78 is 0. The van der Waals surface area contributed by atoms with E-state index in [1.165, 1.54) is 0 Å². The molecule has 0 aromatic carbocycles. The summed E-state index contributed by atoms with van der Waals surface area (Å²) in [5, 5.41) is 18.5. The van der Waals surface area contributed by atoms with Crippen LogP contribution in [0.3, 0.4) is 0 Å². The standard InChI is InChI=1S/C15H25N3O2S/c1-14(2,3)11-9-21-12(18-11)5-8-16-13(19)17-10-15(20)6-4-7-15/h9,20H,4-8,10H2,1-3H3,(H2,16,17,19). The Kier molecular flexibility index (Phi) is 4.88. The fourth-order valence-corrected chi connectivity index (χ4v) is 3.15. The van der Waals surface area contributed by atoms with Crippen molar-refractivity contribution in [2.45, 2.75) is 57.5 Å². The van der Waals surface area contributed by atoms with E-state index in [0.717, 1.165) is 36.4 Å². The van der Waals surface area contributed by atoms with E-state index < -0.39 is 5.60 Å². The van der Waals surface area contributed by atoms with Gasteiger partial charge in [-0.1, -0.05) is 20.8 Å². The highest BCUT2D eigenvalue weighted by Gasteiger charge is 2.34. The lowest BCUT2D eigenvalue weighted by atomic mass is 9.80. The molecule has 1 aliphatic carbocycles. The number of urea groups is 1. The van der Waals surface area contributed by atoms with Crippen LogP contribution in [-0.2, 0) is 11.8 Å². The molecule has 0 unspecified atom stereocenters. The maximum atomic E-state index is 11.6. The third kappa shape index (κ3) is 4.68. The number of aliphatic hydroxyl groups is 1. The summed E-state index contributed by atoms with van der Waals surface area (Å²) in [7, 11) is 0. The molecule has 1 aromatic heterocycles. The second-order valence-corrected chi connectivity index (χ2v) is 7.76. The lowest BCUT2D eigenvalue weighted by molar-refractivity contribution is -0.0290. The average Bonchev–Trinajstić information content (AvgIpc) is 2.83. The van der Waals surface area contributed by atoms with E-state index in [4.69, 9.17) is 0 Å². The van der Waals surface area contributed by atoms with Gasteiger partial charge in [0.25, 0.3) is 0 Å². The van der Waals surface area contributed by atoms with Crippen molar-refractivity contribution in [3.8, 4) is 0 Å². The number of thiazole rings is 1. The summed E-state index contributed by atoms with van der Waals surface area (Å²) in [6.45, 7) is 7.32. The van der Waals surface area contributed by atoms with Gasteiger partial charge < -0.3 is 15.7 Å². The lowest BCUT2D eigenvalue weighted by Crippen LogP contribution is -2.50. The number of nitrogens with one attached hydrogen (secondary N) is 2. The maximum absolute atomic E-state index is 11.6. The van der Waals surface area contributed by atoms with Crippen molar-refractivity contribution in [3.05, 3.63) is 16.1 Å². The Hall–Kier alpha value is -1.14. The smallest absolute Gasteiger partial charge is 0.314 e. The Bertz CT molecular complexity index is 489. The lowest BCUT2D eigenvalue weighted by Gasteiger charge is -2.36. The molecular formula is C15H25N3O2S. The van der Waals surface area contributed by atoms with Crippen molar-refractivity contribution in [1.29, 1.82) is 0 Å². The number of amides is 2. The molecule has 6 heteroatoms. The van der Waals surface area contributed by atoms with Crippen LogP contribution in [0.4, 0.5) is 4.79 Å². The highest BCUT2D eigenvalue weighted by molar-refractivity contribution is 7.09. The molecule has 0 bridgehead atoms. The van der Waals surface area contributed by atoms with E-state index in [1.54, 1.807) is 11.3 Å². The van der Waals surface area contributed by atoms with Crippen LogP contribution in [0.2, 0.25) is 0 Å². The molecule has 3 N–H and O–H groups in total. The number of hydrogen-bond acceptors (Lipinski definition) is 4. The van der Waals surface area contributed by atoms with Crippen molar-refractivity contribution < 1.29 is 9.90 Å². The van der Waals surface area contributed by atoms with Crippen molar-refractivity contribution in [2.24, 2.45) is 0 Å². The van der Waals surface area contributed by atoms with E-state index in [-0.39, 0.29) is 11.4 Å². The van der Waals surface area contributed by atoms with Crippen LogP contribution in [0.25, 0.3) is 0 Å². The van der Waals surface area contributed by atoms with Crippen LogP contribution in [0.5, 0.6) is 0 Å². The van der Waals surface area contributed by atoms with Gasteiger partial charge in [0.1, 0.15) is 0 Å². The number of carbonyl (C=O) groups excluding carboxylic acids is 1. The molecule has 0 radical (unpaired) electrons. The Morgan fingerprint density at radius 1 is 1.43 bits per heavy atom. The van der Waals surface area contributed by atoms with E-state index in [0.29, 0.717) is 13.1 Å². The van der Waals surface area contributed by atoms with Gasteiger partial charge in [-0.25, -0.2) is 9.78 Å². The van der Waals surface area contributed by atoms with Gasteiger partial charge in [0, 0.05) is 30.3 Å². The zero-order valence-corrected chi connectivity index (χ0v) is 13.8. The first-order valence-electron chi connectivity index (χ1n) is 7.47. The van der Waals surface area contributed by atoms with Gasteiger partial charge >= 0.3 is 6.03 Å². The SMILES string of the molecule is CC(C)(C)c1csc(CCNC(=O)NCC2(O)CCC2)n1. The van der Waals surface area contributed by atoms with E-state index in [9.17, 15) is 9.90 Å². The minimum atomic E-state index is -0.672. The van der Waals surface area contributed by atoms with Crippen LogP contribution in [0, 0.1) is 0 Å². The summed E-state index contributed by atoms with van der Waals surface area (Å²) in [5.74, 6) is 0. The summed E-state index contributed by atoms with van der Waals surface area (Å²) in [6, 6.07) is -0.220. The van der Waals surface area contributed by atoms with Crippen molar-refractivity contribution in [3.63, 3.8) is 0 Å². The zero-order chi connectivity index (χ0) is 15.5. The predicted molar refractivity (Wildman–Crippen MR) is 84.7 cm³/mol. The molecular weight excluding hydrogens is 286 g/mol. The quantitative estimate of drug-likeness (QED) is 0.780. The summed E-state index contributed by atoms with van der Waals surface area (Å²) in [6.07, 6.45) is 3.34. The fourth-order valence-electron chi connectivity index (χ4n) is 2.12. The molecule has 0 spiro atoms. The van der Waals surface area contributed by atoms with Gasteiger partial charge in [0.15, 0.2) is 0 Å². The number of rotatable bonds is 5. The number of carbonyl (C=O) groups is 1. The van der Waals surface area contributed by atoms with E-state index in [2.05, 4.69) is 41.8 Å². The van der Waals surface area contributed by atoms with Gasteiger partial charge in [-0.05, 0) is 19.3 Å². The fraction of sp³-hybridized carbons (Fsp3) is 0.733. The molecule has 21 heavy (non-hydrogen) atoms. The first-order chi connectivity index (χ1) is 9.78. The Balaban J connectivity index is 1.67. The highest BCUT2D eigenvalue weighted by Crippen LogP contribution is 2.30. The monoisotopic (exact) mass is 311 g/mol. The molecule has 1 saturated carbocycles. The molecule has 0 saturated heterocycles. The number of nitrogens with zero attached hydrogens (tertiary/aromatic N) is 1. The predicted octanol–water partition coefficient (Wildman–Crippen LogP) is 2.20. The van der Waals surface area contributed by atoms with Crippen LogP contribution in [0.15, 0.2) is 5.38 Å². The summed E-state index contributed by atoms with van der Waals surface area (Å²) in [5.41, 5.74) is 0.491. The van der Waals surface area contributed by atoms with Crippen molar-refractivity contribution >= 4 is 17.4 Å². The van der Waals surface area contributed by atoms with Gasteiger partial charge in [-0.2, -0.15) is 0 Å². The number of aromatic nitrogens is 1. The summed E-state index contributed by atoms with van der Waals surface area (Å²) >= 11 is 1.64. The Morgan fingerprint density at radius 3 is 2.67 bits per heavy atom. The average molecular weight is 311 g/mol. The van der Waals surface area contributed by atoms with Crippen molar-refractivity contribution in [2.75, 3.05) is 13.1 Å². The maximum Gasteiger partial charge on any atom is 0.314 e. The van der Waals surface area contributed by atoms with Crippen LogP contribution in [0.1, 0.15) is 50.7 Å². The molecule has 1 aliphatic rings. The Labute approximate surface area is 130 Å². The largest absolute Gasteiger partial charge is 0.388 e. The van der Waals surface area contributed by atoms with Gasteiger partial charge in [0.2, 0.25) is 0 Å². The molecule has 1 heterocycles. The third-order valence-corrected chi connectivity index (χ3v) is 4.72. The minimum absolute atomic E-state index is 0.0672. The highest BCUT2D eigenvalue weighted by atomic mass is 32.1. The molecule has 1 fully saturated rings. The van der Waals surface area contributed by atoms with Crippen LogP contribution < -0.4 is 10.6 Å². The number of hydrogen-bond donors (Lipinski definition) is 3.